The lowest BCUT2D eigenvalue weighted by atomic mass is 9.96. The molecular weight excluding hydrogens is 354 g/mol. The quantitative estimate of drug-likeness (QED) is 0.714. The Bertz CT molecular complexity index is 795. The minimum atomic E-state index is -0.165. The van der Waals surface area contributed by atoms with Crippen molar-refractivity contribution >= 4 is 11.8 Å². The smallest absolute Gasteiger partial charge is 0.224 e. The number of piperidine rings is 1. The summed E-state index contributed by atoms with van der Waals surface area (Å²) in [7, 11) is 1.62. The van der Waals surface area contributed by atoms with Crippen molar-refractivity contribution in [2.75, 3.05) is 20.2 Å². The number of methoxy groups -OCH3 is 1. The normalized spacial score (nSPS) is 16.7. The monoisotopic (exact) mass is 381 g/mol. The highest BCUT2D eigenvalue weighted by Crippen LogP contribution is 2.24. The van der Waals surface area contributed by atoms with E-state index in [4.69, 9.17) is 4.74 Å². The van der Waals surface area contributed by atoms with E-state index in [2.05, 4.69) is 10.3 Å². The van der Waals surface area contributed by atoms with Gasteiger partial charge in [0, 0.05) is 43.5 Å². The number of likely N-dealkylation sites (tertiary alicyclic amines) is 1. The maximum absolute atomic E-state index is 12.5. The molecule has 28 heavy (non-hydrogen) atoms. The van der Waals surface area contributed by atoms with Gasteiger partial charge in [-0.3, -0.25) is 14.6 Å². The van der Waals surface area contributed by atoms with E-state index < -0.39 is 0 Å². The maximum Gasteiger partial charge on any atom is 0.224 e. The number of rotatable bonds is 8. The van der Waals surface area contributed by atoms with Gasteiger partial charge in [0.25, 0.3) is 0 Å². The van der Waals surface area contributed by atoms with Crippen molar-refractivity contribution in [2.24, 2.45) is 5.92 Å². The van der Waals surface area contributed by atoms with Crippen LogP contribution in [0.5, 0.6) is 5.75 Å². The molecule has 0 bridgehead atoms. The van der Waals surface area contributed by atoms with E-state index in [0.717, 1.165) is 29.8 Å². The number of carbonyl (C=O) groups is 2. The highest BCUT2D eigenvalue weighted by molar-refractivity contribution is 5.83. The molecule has 0 unspecified atom stereocenters. The first-order valence-electron chi connectivity index (χ1n) is 9.74. The molecule has 1 N–H and O–H groups in total. The molecule has 1 atom stereocenters. The zero-order chi connectivity index (χ0) is 19.8. The zero-order valence-corrected chi connectivity index (χ0v) is 16.3. The van der Waals surface area contributed by atoms with Crippen molar-refractivity contribution in [1.82, 2.24) is 15.2 Å². The summed E-state index contributed by atoms with van der Waals surface area (Å²) >= 11 is 0. The number of carbonyl (C=O) groups excluding carboxylic acids is 2. The third-order valence-electron chi connectivity index (χ3n) is 5.06. The minimum absolute atomic E-state index is 0.0264. The summed E-state index contributed by atoms with van der Waals surface area (Å²) in [5.74, 6) is 0.710. The van der Waals surface area contributed by atoms with Gasteiger partial charge in [-0.25, -0.2) is 0 Å². The predicted octanol–water partition coefficient (Wildman–Crippen LogP) is 2.58. The fraction of sp³-hybridized carbons (Fsp3) is 0.409. The number of benzene rings is 1. The Labute approximate surface area is 165 Å². The number of aryl methyl sites for hydroxylation is 1. The molecule has 2 aromatic rings. The second kappa shape index (κ2) is 9.88. The van der Waals surface area contributed by atoms with Crippen LogP contribution in [0.15, 0.2) is 48.7 Å². The summed E-state index contributed by atoms with van der Waals surface area (Å²) in [4.78, 5) is 30.9. The average molecular weight is 381 g/mol. The van der Waals surface area contributed by atoms with Gasteiger partial charge in [0.05, 0.1) is 13.0 Å². The number of hydrogen-bond donors (Lipinski definition) is 1. The molecular formula is C22H27N3O3. The molecule has 1 saturated heterocycles. The van der Waals surface area contributed by atoms with Crippen molar-refractivity contribution in [2.45, 2.75) is 32.2 Å². The number of amides is 2. The molecule has 1 fully saturated rings. The number of hydrogen-bond acceptors (Lipinski definition) is 4. The summed E-state index contributed by atoms with van der Waals surface area (Å²) < 4.78 is 5.38. The standard InChI is InChI=1S/C22H27N3O3/c1-28-20-10-3-2-7-17(20)15-25-16-18(11-12-21(25)26)22(27)24-14-6-9-19-8-4-5-13-23-19/h2-5,7-8,10,13,18H,6,9,11-12,14-16H2,1H3,(H,24,27)/t18-/m0/s1. The maximum atomic E-state index is 12.5. The van der Waals surface area contributed by atoms with E-state index in [1.54, 1.807) is 18.2 Å². The molecule has 1 aliphatic heterocycles. The summed E-state index contributed by atoms with van der Waals surface area (Å²) in [5, 5.41) is 3.02. The van der Waals surface area contributed by atoms with Crippen molar-refractivity contribution < 1.29 is 14.3 Å². The van der Waals surface area contributed by atoms with Gasteiger partial charge in [0.2, 0.25) is 11.8 Å². The predicted molar refractivity (Wildman–Crippen MR) is 107 cm³/mol. The largest absolute Gasteiger partial charge is 0.496 e. The van der Waals surface area contributed by atoms with E-state index in [1.165, 1.54) is 0 Å². The first-order chi connectivity index (χ1) is 13.7. The van der Waals surface area contributed by atoms with Gasteiger partial charge in [-0.15, -0.1) is 0 Å². The van der Waals surface area contributed by atoms with E-state index >= 15 is 0 Å². The number of pyridine rings is 1. The van der Waals surface area contributed by atoms with Crippen LogP contribution in [0.3, 0.4) is 0 Å². The molecule has 6 heteroatoms. The Morgan fingerprint density at radius 2 is 2.07 bits per heavy atom. The molecule has 3 rings (SSSR count). The third-order valence-corrected chi connectivity index (χ3v) is 5.06. The molecule has 6 nitrogen and oxygen atoms in total. The average Bonchev–Trinajstić information content (AvgIpc) is 2.73. The lowest BCUT2D eigenvalue weighted by molar-refractivity contribution is -0.138. The topological polar surface area (TPSA) is 71.5 Å². The molecule has 1 aromatic carbocycles. The van der Waals surface area contributed by atoms with Crippen LogP contribution in [0.4, 0.5) is 0 Å². The summed E-state index contributed by atoms with van der Waals surface area (Å²) in [6.45, 7) is 1.53. The van der Waals surface area contributed by atoms with Crippen molar-refractivity contribution in [3.05, 3.63) is 59.9 Å². The first-order valence-corrected chi connectivity index (χ1v) is 9.74. The van der Waals surface area contributed by atoms with Crippen LogP contribution >= 0.6 is 0 Å². The molecule has 2 heterocycles. The summed E-state index contributed by atoms with van der Waals surface area (Å²) in [5.41, 5.74) is 1.98. The van der Waals surface area contributed by atoms with Crippen LogP contribution in [0.2, 0.25) is 0 Å². The lowest BCUT2D eigenvalue weighted by Gasteiger charge is -2.32. The second-order valence-electron chi connectivity index (χ2n) is 7.04. The molecule has 0 aliphatic carbocycles. The van der Waals surface area contributed by atoms with Crippen LogP contribution < -0.4 is 10.1 Å². The number of nitrogens with one attached hydrogen (secondary N) is 1. The van der Waals surface area contributed by atoms with Gasteiger partial charge >= 0.3 is 0 Å². The minimum Gasteiger partial charge on any atom is -0.496 e. The molecule has 0 radical (unpaired) electrons. The van der Waals surface area contributed by atoms with Gasteiger partial charge in [-0.2, -0.15) is 0 Å². The van der Waals surface area contributed by atoms with Crippen molar-refractivity contribution in [1.29, 1.82) is 0 Å². The van der Waals surface area contributed by atoms with Crippen LogP contribution in [0.1, 0.15) is 30.5 Å². The Morgan fingerprint density at radius 3 is 2.86 bits per heavy atom. The number of nitrogens with zero attached hydrogens (tertiary/aromatic N) is 2. The highest BCUT2D eigenvalue weighted by Gasteiger charge is 2.30. The first kappa shape index (κ1) is 19.9. The van der Waals surface area contributed by atoms with Gasteiger partial charge < -0.3 is 15.0 Å². The van der Waals surface area contributed by atoms with Gasteiger partial charge in [-0.1, -0.05) is 24.3 Å². The number of para-hydroxylation sites is 1. The fourth-order valence-electron chi connectivity index (χ4n) is 3.49. The molecule has 0 saturated carbocycles. The van der Waals surface area contributed by atoms with Crippen LogP contribution in [-0.4, -0.2) is 41.9 Å². The SMILES string of the molecule is COc1ccccc1CN1C[C@@H](C(=O)NCCCc2ccccn2)CCC1=O. The lowest BCUT2D eigenvalue weighted by Crippen LogP contribution is -2.45. The van der Waals surface area contributed by atoms with Crippen LogP contribution in [0.25, 0.3) is 0 Å². The third kappa shape index (κ3) is 5.31. The van der Waals surface area contributed by atoms with E-state index in [0.29, 0.717) is 32.5 Å². The van der Waals surface area contributed by atoms with Crippen molar-refractivity contribution in [3.63, 3.8) is 0 Å². The zero-order valence-electron chi connectivity index (χ0n) is 16.3. The van der Waals surface area contributed by atoms with E-state index in [1.807, 2.05) is 42.5 Å². The molecule has 148 valence electrons. The van der Waals surface area contributed by atoms with Crippen LogP contribution in [-0.2, 0) is 22.6 Å². The molecule has 1 aromatic heterocycles. The Balaban J connectivity index is 1.49. The number of aromatic nitrogens is 1. The molecule has 0 spiro atoms. The van der Waals surface area contributed by atoms with Gasteiger partial charge in [0.1, 0.15) is 5.75 Å². The Hall–Kier alpha value is -2.89. The summed E-state index contributed by atoms with van der Waals surface area (Å²) in [6.07, 6.45) is 4.47. The highest BCUT2D eigenvalue weighted by atomic mass is 16.5. The second-order valence-corrected chi connectivity index (χ2v) is 7.04. The molecule has 2 amide bonds. The molecule has 1 aliphatic rings. The van der Waals surface area contributed by atoms with E-state index in [9.17, 15) is 9.59 Å². The summed E-state index contributed by atoms with van der Waals surface area (Å²) in [6, 6.07) is 13.5. The fourth-order valence-corrected chi connectivity index (χ4v) is 3.49. The van der Waals surface area contributed by atoms with Crippen LogP contribution in [0, 0.1) is 5.92 Å². The van der Waals surface area contributed by atoms with Crippen molar-refractivity contribution in [3.8, 4) is 5.75 Å². The van der Waals surface area contributed by atoms with Gasteiger partial charge in [0.15, 0.2) is 0 Å². The van der Waals surface area contributed by atoms with Gasteiger partial charge in [-0.05, 0) is 37.5 Å². The Kier molecular flexibility index (Phi) is 7.00. The Morgan fingerprint density at radius 1 is 1.25 bits per heavy atom. The number of ether oxygens (including phenoxy) is 1. The van der Waals surface area contributed by atoms with E-state index in [-0.39, 0.29) is 17.7 Å².